The van der Waals surface area contributed by atoms with E-state index >= 15 is 0 Å². The van der Waals surface area contributed by atoms with Crippen LogP contribution in [-0.2, 0) is 45.1 Å². The molecule has 4 aromatic rings. The SMILES string of the molecule is CN(C)C1(Cc2cccc(Cl)c2)CCC(NC(=O)CCC(=O)NCc2ccc(F)c(F)c2)CC1.Cc1ccc(CC2(N(C)C)CCC(NC(=O)CCC(=O)N(CCC#N)Cc3ccccc3)CC2)cc1. The Bertz CT molecular complexity index is 2360. The Morgan fingerprint density at radius 2 is 1.17 bits per heavy atom. The molecule has 0 heterocycles. The van der Waals surface area contributed by atoms with Gasteiger partial charge in [0.2, 0.25) is 23.6 Å². The number of carbonyl (C=O) groups is 4. The zero-order valence-corrected chi connectivity index (χ0v) is 42.4. The first kappa shape index (κ1) is 55.2. The maximum atomic E-state index is 13.2. The highest BCUT2D eigenvalue weighted by atomic mass is 35.5. The second-order valence-corrected chi connectivity index (χ2v) is 20.1. The van der Waals surface area contributed by atoms with Crippen LogP contribution in [0.5, 0.6) is 0 Å². The van der Waals surface area contributed by atoms with Gasteiger partial charge in [-0.2, -0.15) is 5.26 Å². The fraction of sp³-hybridized carbons (Fsp3) is 0.482. The maximum absolute atomic E-state index is 13.2. The van der Waals surface area contributed by atoms with Crippen LogP contribution in [0.1, 0.15) is 111 Å². The predicted octanol–water partition coefficient (Wildman–Crippen LogP) is 9.24. The molecule has 0 bridgehead atoms. The van der Waals surface area contributed by atoms with Gasteiger partial charge in [0.1, 0.15) is 0 Å². The van der Waals surface area contributed by atoms with Gasteiger partial charge in [-0.25, -0.2) is 8.78 Å². The third kappa shape index (κ3) is 17.3. The van der Waals surface area contributed by atoms with Crippen molar-refractivity contribution < 1.29 is 28.0 Å². The smallest absolute Gasteiger partial charge is 0.223 e. The van der Waals surface area contributed by atoms with Gasteiger partial charge in [0.25, 0.3) is 0 Å². The molecule has 2 fully saturated rings. The van der Waals surface area contributed by atoms with Crippen LogP contribution >= 0.6 is 11.6 Å². The fourth-order valence-corrected chi connectivity index (χ4v) is 9.91. The van der Waals surface area contributed by atoms with Gasteiger partial charge in [-0.15, -0.1) is 0 Å². The van der Waals surface area contributed by atoms with Crippen LogP contribution < -0.4 is 16.0 Å². The first-order valence-corrected chi connectivity index (χ1v) is 25.0. The second-order valence-electron chi connectivity index (χ2n) is 19.6. The molecule has 4 aromatic carbocycles. The molecule has 0 spiro atoms. The van der Waals surface area contributed by atoms with Crippen molar-refractivity contribution in [1.82, 2.24) is 30.7 Å². The highest BCUT2D eigenvalue weighted by Gasteiger charge is 2.39. The van der Waals surface area contributed by atoms with Crippen LogP contribution in [0.25, 0.3) is 0 Å². The second kappa shape index (κ2) is 27.1. The summed E-state index contributed by atoms with van der Waals surface area (Å²) in [5.74, 6) is -2.50. The summed E-state index contributed by atoms with van der Waals surface area (Å²) in [7, 11) is 8.52. The van der Waals surface area contributed by atoms with E-state index < -0.39 is 11.6 Å². The molecule has 376 valence electrons. The molecule has 4 amide bonds. The summed E-state index contributed by atoms with van der Waals surface area (Å²) in [5, 5.41) is 18.6. The van der Waals surface area contributed by atoms with Gasteiger partial charge in [-0.05, 0) is 146 Å². The van der Waals surface area contributed by atoms with Crippen molar-refractivity contribution >= 4 is 35.2 Å². The van der Waals surface area contributed by atoms with E-state index in [0.717, 1.165) is 86.9 Å². The van der Waals surface area contributed by atoms with Crippen molar-refractivity contribution in [2.24, 2.45) is 0 Å². The third-order valence-electron chi connectivity index (χ3n) is 14.2. The molecule has 0 aliphatic heterocycles. The fourth-order valence-electron chi connectivity index (χ4n) is 9.70. The normalized spacial score (nSPS) is 19.8. The molecule has 0 radical (unpaired) electrons. The minimum atomic E-state index is -0.954. The number of hydrogen-bond donors (Lipinski definition) is 3. The number of aryl methyl sites for hydroxylation is 1. The third-order valence-corrected chi connectivity index (χ3v) is 14.5. The Morgan fingerprint density at radius 3 is 1.71 bits per heavy atom. The highest BCUT2D eigenvalue weighted by Crippen LogP contribution is 2.37. The van der Waals surface area contributed by atoms with E-state index in [4.69, 9.17) is 16.9 Å². The number of halogens is 3. The predicted molar refractivity (Wildman–Crippen MR) is 272 cm³/mol. The standard InChI is InChI=1S/C30H40N4O2.C26H32ClF2N3O2/c1-24-10-12-25(13-11-24)22-30(33(2)3)18-16-27(17-19-30)32-28(35)14-15-29(36)34(21-7-20-31)23-26-8-5-4-6-9-26;1-32(2)26(16-18-4-3-5-20(27)14-18)12-10-21(11-13-26)31-25(34)9-8-24(33)30-17-19-6-7-22(28)23(29)15-19/h4-6,8-13,27H,7,14-19,21-23H2,1-3H3,(H,32,35);3-7,14-15,21H,8-13,16-17H2,1-2H3,(H,30,33)(H,31,34). The molecule has 6 rings (SSSR count). The molecule has 0 aromatic heterocycles. The van der Waals surface area contributed by atoms with Crippen LogP contribution in [0.4, 0.5) is 8.78 Å². The Hall–Kier alpha value is -5.68. The summed E-state index contributed by atoms with van der Waals surface area (Å²) < 4.78 is 26.2. The lowest BCUT2D eigenvalue weighted by molar-refractivity contribution is -0.134. The lowest BCUT2D eigenvalue weighted by Gasteiger charge is -2.45. The molecule has 2 aliphatic rings. The molecule has 70 heavy (non-hydrogen) atoms. The molecule has 14 heteroatoms. The minimum Gasteiger partial charge on any atom is -0.353 e. The molecule has 11 nitrogen and oxygen atoms in total. The number of likely N-dealkylation sites (N-methyl/N-ethyl adjacent to an activating group) is 2. The quantitative estimate of drug-likeness (QED) is 0.0803. The van der Waals surface area contributed by atoms with Crippen molar-refractivity contribution in [3.8, 4) is 6.07 Å². The summed E-state index contributed by atoms with van der Waals surface area (Å²) in [4.78, 5) is 56.3. The van der Waals surface area contributed by atoms with E-state index in [1.54, 1.807) is 4.90 Å². The van der Waals surface area contributed by atoms with Gasteiger partial charge in [-0.3, -0.25) is 19.2 Å². The van der Waals surface area contributed by atoms with E-state index in [2.05, 4.69) is 97.3 Å². The van der Waals surface area contributed by atoms with E-state index in [9.17, 15) is 28.0 Å². The number of hydrogen-bond acceptors (Lipinski definition) is 7. The molecular formula is C56H72ClF2N7O4. The van der Waals surface area contributed by atoms with Gasteiger partial charge in [0.15, 0.2) is 11.6 Å². The Balaban J connectivity index is 0.000000261. The number of nitriles is 1. The topological polar surface area (TPSA) is 138 Å². The molecule has 0 atom stereocenters. The molecular weight excluding hydrogens is 908 g/mol. The van der Waals surface area contributed by atoms with E-state index in [-0.39, 0.29) is 85.4 Å². The summed E-state index contributed by atoms with van der Waals surface area (Å²) in [5.41, 5.74) is 5.43. The molecule has 2 aliphatic carbocycles. The number of benzene rings is 4. The van der Waals surface area contributed by atoms with Gasteiger partial charge in [-0.1, -0.05) is 90.0 Å². The largest absolute Gasteiger partial charge is 0.353 e. The van der Waals surface area contributed by atoms with Gasteiger partial charge in [0, 0.05) is 73.5 Å². The Morgan fingerprint density at radius 1 is 0.643 bits per heavy atom. The molecule has 3 N–H and O–H groups in total. The van der Waals surface area contributed by atoms with Gasteiger partial charge in [0.05, 0.1) is 12.5 Å². The van der Waals surface area contributed by atoms with Gasteiger partial charge >= 0.3 is 0 Å². The van der Waals surface area contributed by atoms with Crippen LogP contribution in [0, 0.1) is 29.9 Å². The van der Waals surface area contributed by atoms with E-state index in [1.807, 2.05) is 48.5 Å². The van der Waals surface area contributed by atoms with Crippen molar-refractivity contribution in [1.29, 1.82) is 5.26 Å². The first-order valence-electron chi connectivity index (χ1n) is 24.6. The van der Waals surface area contributed by atoms with Crippen molar-refractivity contribution in [2.75, 3.05) is 34.7 Å². The highest BCUT2D eigenvalue weighted by molar-refractivity contribution is 6.30. The number of nitrogens with zero attached hydrogens (tertiary/aromatic N) is 4. The zero-order valence-electron chi connectivity index (χ0n) is 41.7. The molecule has 2 saturated carbocycles. The average Bonchev–Trinajstić information content (AvgIpc) is 3.34. The monoisotopic (exact) mass is 980 g/mol. The maximum Gasteiger partial charge on any atom is 0.223 e. The van der Waals surface area contributed by atoms with Crippen molar-refractivity contribution in [3.05, 3.63) is 142 Å². The van der Waals surface area contributed by atoms with Gasteiger partial charge < -0.3 is 30.7 Å². The van der Waals surface area contributed by atoms with Crippen LogP contribution in [0.2, 0.25) is 5.02 Å². The molecule has 0 unspecified atom stereocenters. The lowest BCUT2D eigenvalue weighted by Crippen LogP contribution is -2.52. The zero-order chi connectivity index (χ0) is 50.7. The summed E-state index contributed by atoms with van der Waals surface area (Å²) in [6.07, 6.45) is 10.2. The average molecular weight is 981 g/mol. The summed E-state index contributed by atoms with van der Waals surface area (Å²) in [6, 6.07) is 32.3. The van der Waals surface area contributed by atoms with E-state index in [1.165, 1.54) is 22.8 Å². The number of carbonyl (C=O) groups excluding carboxylic acids is 4. The minimum absolute atomic E-state index is 0.0195. The molecule has 0 saturated heterocycles. The van der Waals surface area contributed by atoms with Crippen molar-refractivity contribution in [3.63, 3.8) is 0 Å². The number of amides is 4. The number of rotatable bonds is 20. The van der Waals surface area contributed by atoms with Crippen LogP contribution in [-0.4, -0.2) is 96.2 Å². The number of nitrogens with one attached hydrogen (secondary N) is 3. The van der Waals surface area contributed by atoms with E-state index in [0.29, 0.717) is 18.7 Å². The summed E-state index contributed by atoms with van der Waals surface area (Å²) in [6.45, 7) is 3.03. The Kier molecular flexibility index (Phi) is 21.4. The lowest BCUT2D eigenvalue weighted by atomic mass is 9.74. The van der Waals surface area contributed by atoms with Crippen LogP contribution in [0.15, 0.2) is 97.1 Å². The van der Waals surface area contributed by atoms with Crippen LogP contribution in [0.3, 0.4) is 0 Å². The van der Waals surface area contributed by atoms with Crippen molar-refractivity contribution in [2.45, 2.75) is 139 Å². The summed E-state index contributed by atoms with van der Waals surface area (Å²) >= 11 is 6.16. The first-order chi connectivity index (χ1) is 33.5. The Labute approximate surface area is 419 Å².